The van der Waals surface area contributed by atoms with Gasteiger partial charge in [-0.2, -0.15) is 43.9 Å². The summed E-state index contributed by atoms with van der Waals surface area (Å²) in [4.78, 5) is 11.1. The number of halogens is 10. The summed E-state index contributed by atoms with van der Waals surface area (Å²) in [5, 5.41) is 9.21. The van der Waals surface area contributed by atoms with Crippen LogP contribution >= 0.6 is 0 Å². The van der Waals surface area contributed by atoms with Gasteiger partial charge in [0.05, 0.1) is 0 Å². The van der Waals surface area contributed by atoms with E-state index < -0.39 is 54.1 Å². The Morgan fingerprint density at radius 2 is 1.65 bits per heavy atom. The molecule has 3 atom stereocenters. The first-order valence-corrected chi connectivity index (χ1v) is 6.50. The van der Waals surface area contributed by atoms with E-state index in [0.29, 0.717) is 6.92 Å². The second kappa shape index (κ2) is 5.97. The van der Waals surface area contributed by atoms with E-state index in [-0.39, 0.29) is 6.08 Å². The summed E-state index contributed by atoms with van der Waals surface area (Å²) in [6.45, 7) is 2.95. The third-order valence-corrected chi connectivity index (χ3v) is 3.71. The fraction of sp³-hybridized carbons (Fsp3) is 0.750. The summed E-state index contributed by atoms with van der Waals surface area (Å²) in [5.41, 5.74) is -5.05. The second-order valence-electron chi connectivity index (χ2n) is 5.18. The van der Waals surface area contributed by atoms with E-state index in [2.05, 4.69) is 16.1 Å². The number of rotatable bonds is 3. The zero-order valence-electron chi connectivity index (χ0n) is 12.5. The molecule has 0 radical (unpaired) electrons. The standard InChI is InChI=1S/C12H10F10O4/c1-3-5(23)25-7(4-2)8(13,14)6(9(15,16)17)26-11(24,10(7,18)19)12(20,21)22/h3,6,24H,1,4H2,2H3. The number of esters is 1. The summed E-state index contributed by atoms with van der Waals surface area (Å²) in [6.07, 6.45) is -19.9. The van der Waals surface area contributed by atoms with Crippen LogP contribution in [0.25, 0.3) is 0 Å². The van der Waals surface area contributed by atoms with Crippen molar-refractivity contribution < 1.29 is 63.3 Å². The van der Waals surface area contributed by atoms with E-state index in [1.54, 1.807) is 0 Å². The van der Waals surface area contributed by atoms with Crippen LogP contribution in [-0.2, 0) is 14.3 Å². The minimum atomic E-state index is -6.67. The molecule has 1 heterocycles. The molecule has 3 unspecified atom stereocenters. The lowest BCUT2D eigenvalue weighted by Gasteiger charge is -2.55. The SMILES string of the molecule is C=CC(=O)OC1(CC)C(F)(F)C(C(F)(F)F)OC(O)(C(F)(F)F)C1(F)F. The number of carbonyl (C=O) groups is 1. The molecule has 4 nitrogen and oxygen atoms in total. The maximum absolute atomic E-state index is 14.4. The molecular weight excluding hydrogens is 398 g/mol. The molecule has 0 aromatic heterocycles. The van der Waals surface area contributed by atoms with Gasteiger partial charge in [-0.05, 0) is 6.42 Å². The Balaban J connectivity index is 3.90. The quantitative estimate of drug-likeness (QED) is 0.442. The molecule has 1 fully saturated rings. The molecule has 0 aliphatic carbocycles. The normalized spacial score (nSPS) is 34.2. The minimum Gasteiger partial charge on any atom is -0.443 e. The van der Waals surface area contributed by atoms with Gasteiger partial charge in [0.2, 0.25) is 11.7 Å². The molecule has 1 saturated heterocycles. The number of hydrogen-bond donors (Lipinski definition) is 1. The van der Waals surface area contributed by atoms with Crippen LogP contribution in [0.2, 0.25) is 0 Å². The molecule has 152 valence electrons. The largest absolute Gasteiger partial charge is 0.449 e. The van der Waals surface area contributed by atoms with Crippen molar-refractivity contribution in [2.24, 2.45) is 0 Å². The van der Waals surface area contributed by atoms with Gasteiger partial charge in [0.25, 0.3) is 0 Å². The zero-order valence-corrected chi connectivity index (χ0v) is 12.5. The molecule has 0 bridgehead atoms. The van der Waals surface area contributed by atoms with Crippen LogP contribution in [0.15, 0.2) is 12.7 Å². The van der Waals surface area contributed by atoms with Crippen molar-refractivity contribution in [3.63, 3.8) is 0 Å². The summed E-state index contributed by atoms with van der Waals surface area (Å²) in [6, 6.07) is 0. The van der Waals surface area contributed by atoms with Gasteiger partial charge in [0, 0.05) is 6.08 Å². The van der Waals surface area contributed by atoms with Crippen molar-refractivity contribution in [2.45, 2.75) is 55.0 Å². The fourth-order valence-corrected chi connectivity index (χ4v) is 2.41. The first kappa shape index (κ1) is 22.5. The average Bonchev–Trinajstić information content (AvgIpc) is 2.45. The topological polar surface area (TPSA) is 55.8 Å². The molecule has 1 N–H and O–H groups in total. The monoisotopic (exact) mass is 408 g/mol. The summed E-state index contributed by atoms with van der Waals surface area (Å²) in [5.74, 6) is -20.4. The number of ether oxygens (including phenoxy) is 2. The van der Waals surface area contributed by atoms with E-state index in [9.17, 15) is 53.8 Å². The van der Waals surface area contributed by atoms with Crippen LogP contribution in [0.3, 0.4) is 0 Å². The van der Waals surface area contributed by atoms with E-state index in [1.165, 1.54) is 0 Å². The van der Waals surface area contributed by atoms with Crippen molar-refractivity contribution in [1.29, 1.82) is 0 Å². The summed E-state index contributed by atoms with van der Waals surface area (Å²) < 4.78 is 141. The zero-order chi connectivity index (χ0) is 21.0. The minimum absolute atomic E-state index is 0.0335. The molecule has 1 rings (SSSR count). The molecule has 0 spiro atoms. The smallest absolute Gasteiger partial charge is 0.443 e. The van der Waals surface area contributed by atoms with Crippen molar-refractivity contribution >= 4 is 5.97 Å². The van der Waals surface area contributed by atoms with Gasteiger partial charge in [-0.15, -0.1) is 0 Å². The fourth-order valence-electron chi connectivity index (χ4n) is 2.41. The highest BCUT2D eigenvalue weighted by atomic mass is 19.4. The lowest BCUT2D eigenvalue weighted by molar-refractivity contribution is -0.532. The van der Waals surface area contributed by atoms with E-state index in [0.717, 1.165) is 0 Å². The molecule has 26 heavy (non-hydrogen) atoms. The van der Waals surface area contributed by atoms with Gasteiger partial charge in [-0.3, -0.25) is 0 Å². The van der Waals surface area contributed by atoms with Crippen LogP contribution in [0.4, 0.5) is 43.9 Å². The Hall–Kier alpha value is -1.57. The number of alkyl halides is 10. The van der Waals surface area contributed by atoms with Crippen molar-refractivity contribution in [3.05, 3.63) is 12.7 Å². The highest BCUT2D eigenvalue weighted by Gasteiger charge is 2.92. The molecule has 14 heteroatoms. The van der Waals surface area contributed by atoms with Crippen molar-refractivity contribution in [1.82, 2.24) is 0 Å². The van der Waals surface area contributed by atoms with Gasteiger partial charge >= 0.3 is 36.0 Å². The number of carbonyl (C=O) groups excluding carboxylic acids is 1. The van der Waals surface area contributed by atoms with Gasteiger partial charge in [0.15, 0.2) is 0 Å². The predicted octanol–water partition coefficient (Wildman–Crippen LogP) is 3.35. The maximum atomic E-state index is 14.4. The predicted molar refractivity (Wildman–Crippen MR) is 61.1 cm³/mol. The van der Waals surface area contributed by atoms with Crippen LogP contribution in [0.5, 0.6) is 0 Å². The van der Waals surface area contributed by atoms with Crippen LogP contribution in [0.1, 0.15) is 13.3 Å². The molecule has 0 saturated carbocycles. The molecule has 0 amide bonds. The Labute approximate surface area is 138 Å². The van der Waals surface area contributed by atoms with Gasteiger partial charge in [-0.1, -0.05) is 13.5 Å². The molecule has 0 aromatic carbocycles. The Morgan fingerprint density at radius 1 is 1.19 bits per heavy atom. The first-order chi connectivity index (χ1) is 11.4. The van der Waals surface area contributed by atoms with Gasteiger partial charge in [-0.25, -0.2) is 4.79 Å². The van der Waals surface area contributed by atoms with Gasteiger partial charge < -0.3 is 14.6 Å². The van der Waals surface area contributed by atoms with Crippen LogP contribution < -0.4 is 0 Å². The Kier molecular flexibility index (Phi) is 5.16. The molecule has 0 aromatic rings. The van der Waals surface area contributed by atoms with E-state index in [4.69, 9.17) is 0 Å². The average molecular weight is 408 g/mol. The van der Waals surface area contributed by atoms with Crippen LogP contribution in [-0.4, -0.2) is 52.8 Å². The Morgan fingerprint density at radius 3 is 1.96 bits per heavy atom. The lowest BCUT2D eigenvalue weighted by atomic mass is 9.75. The highest BCUT2D eigenvalue weighted by molar-refractivity contribution is 5.81. The number of aliphatic hydroxyl groups is 1. The number of hydrogen-bond acceptors (Lipinski definition) is 4. The molecule has 1 aliphatic heterocycles. The van der Waals surface area contributed by atoms with Crippen molar-refractivity contribution in [2.75, 3.05) is 0 Å². The third-order valence-electron chi connectivity index (χ3n) is 3.71. The highest BCUT2D eigenvalue weighted by Crippen LogP contribution is 2.63. The van der Waals surface area contributed by atoms with Gasteiger partial charge in [0.1, 0.15) is 0 Å². The maximum Gasteiger partial charge on any atom is 0.449 e. The lowest BCUT2D eigenvalue weighted by Crippen LogP contribution is -2.83. The Bertz CT molecular complexity index is 584. The molecule has 1 aliphatic rings. The molecular formula is C12H10F10O4. The first-order valence-electron chi connectivity index (χ1n) is 6.50. The van der Waals surface area contributed by atoms with Crippen LogP contribution in [0, 0.1) is 0 Å². The van der Waals surface area contributed by atoms with Crippen molar-refractivity contribution in [3.8, 4) is 0 Å². The summed E-state index contributed by atoms with van der Waals surface area (Å²) >= 11 is 0. The third kappa shape index (κ3) is 2.73. The summed E-state index contributed by atoms with van der Waals surface area (Å²) in [7, 11) is 0. The van der Waals surface area contributed by atoms with E-state index >= 15 is 0 Å². The van der Waals surface area contributed by atoms with E-state index in [1.807, 2.05) is 0 Å². The second-order valence-corrected chi connectivity index (χ2v) is 5.18.